The molecule has 1 aromatic rings. The number of amides is 1. The SMILES string of the molecule is COc1ccc(CC(=O)N2CCN(S(=O)(=O)C3CC3)CC2)cc1. The largest absolute Gasteiger partial charge is 0.497 e. The van der Waals surface area contributed by atoms with Crippen LogP contribution in [0, 0.1) is 0 Å². The van der Waals surface area contributed by atoms with E-state index in [4.69, 9.17) is 4.74 Å². The average Bonchev–Trinajstić information content (AvgIpc) is 3.41. The summed E-state index contributed by atoms with van der Waals surface area (Å²) in [6.45, 7) is 1.77. The normalized spacial score (nSPS) is 19.6. The molecule has 0 N–H and O–H groups in total. The number of sulfonamides is 1. The van der Waals surface area contributed by atoms with Crippen molar-refractivity contribution >= 4 is 15.9 Å². The predicted molar refractivity (Wildman–Crippen MR) is 86.8 cm³/mol. The summed E-state index contributed by atoms with van der Waals surface area (Å²) in [7, 11) is -1.52. The molecule has 2 aliphatic rings. The number of methoxy groups -OCH3 is 1. The third-order valence-corrected chi connectivity index (χ3v) is 6.81. The second-order valence-electron chi connectivity index (χ2n) is 6.05. The molecule has 6 nitrogen and oxygen atoms in total. The Morgan fingerprint density at radius 1 is 1.13 bits per heavy atom. The molecule has 1 aromatic carbocycles. The lowest BCUT2D eigenvalue weighted by Gasteiger charge is -2.34. The molecule has 0 unspecified atom stereocenters. The van der Waals surface area contributed by atoms with Gasteiger partial charge in [0.2, 0.25) is 15.9 Å². The van der Waals surface area contributed by atoms with Crippen LogP contribution >= 0.6 is 0 Å². The molecular weight excluding hydrogens is 316 g/mol. The maximum absolute atomic E-state index is 12.4. The van der Waals surface area contributed by atoms with E-state index in [1.807, 2.05) is 24.3 Å². The molecule has 0 bridgehead atoms. The van der Waals surface area contributed by atoms with Crippen LogP contribution in [-0.2, 0) is 21.2 Å². The number of piperazine rings is 1. The van der Waals surface area contributed by atoms with Gasteiger partial charge in [0, 0.05) is 26.2 Å². The van der Waals surface area contributed by atoms with E-state index in [0.29, 0.717) is 32.6 Å². The fourth-order valence-corrected chi connectivity index (χ4v) is 4.62. The van der Waals surface area contributed by atoms with Gasteiger partial charge in [0.15, 0.2) is 0 Å². The molecule has 1 saturated carbocycles. The highest BCUT2D eigenvalue weighted by Gasteiger charge is 2.41. The topological polar surface area (TPSA) is 66.9 Å². The predicted octanol–water partition coefficient (Wildman–Crippen LogP) is 0.874. The van der Waals surface area contributed by atoms with E-state index in [-0.39, 0.29) is 11.2 Å². The Morgan fingerprint density at radius 2 is 1.74 bits per heavy atom. The first-order chi connectivity index (χ1) is 11.0. The average molecular weight is 338 g/mol. The van der Waals surface area contributed by atoms with Gasteiger partial charge in [-0.15, -0.1) is 0 Å². The molecule has 0 radical (unpaired) electrons. The molecule has 0 spiro atoms. The number of ether oxygens (including phenoxy) is 1. The lowest BCUT2D eigenvalue weighted by Crippen LogP contribution is -2.51. The van der Waals surface area contributed by atoms with Crippen molar-refractivity contribution in [3.63, 3.8) is 0 Å². The van der Waals surface area contributed by atoms with Gasteiger partial charge in [0.25, 0.3) is 0 Å². The maximum atomic E-state index is 12.4. The quantitative estimate of drug-likeness (QED) is 0.799. The highest BCUT2D eigenvalue weighted by molar-refractivity contribution is 7.90. The zero-order chi connectivity index (χ0) is 16.4. The summed E-state index contributed by atoms with van der Waals surface area (Å²) in [4.78, 5) is 14.1. The molecule has 3 rings (SSSR count). The fourth-order valence-electron chi connectivity index (χ4n) is 2.80. The van der Waals surface area contributed by atoms with Crippen molar-refractivity contribution in [1.29, 1.82) is 0 Å². The Morgan fingerprint density at radius 3 is 2.26 bits per heavy atom. The first kappa shape index (κ1) is 16.3. The van der Waals surface area contributed by atoms with E-state index in [2.05, 4.69) is 0 Å². The van der Waals surface area contributed by atoms with Crippen molar-refractivity contribution in [2.75, 3.05) is 33.3 Å². The fraction of sp³-hybridized carbons (Fsp3) is 0.562. The van der Waals surface area contributed by atoms with Crippen LogP contribution in [0.4, 0.5) is 0 Å². The summed E-state index contributed by atoms with van der Waals surface area (Å²) in [5.74, 6) is 0.804. The summed E-state index contributed by atoms with van der Waals surface area (Å²) in [5, 5.41) is -0.177. The van der Waals surface area contributed by atoms with Crippen LogP contribution < -0.4 is 4.74 Å². The number of nitrogens with zero attached hydrogens (tertiary/aromatic N) is 2. The molecule has 7 heteroatoms. The number of rotatable bonds is 5. The molecule has 1 saturated heterocycles. The lowest BCUT2D eigenvalue weighted by atomic mass is 10.1. The Bertz CT molecular complexity index is 660. The molecule has 0 aromatic heterocycles. The van der Waals surface area contributed by atoms with Crippen LogP contribution in [0.15, 0.2) is 24.3 Å². The van der Waals surface area contributed by atoms with Crippen LogP contribution in [0.1, 0.15) is 18.4 Å². The number of benzene rings is 1. The van der Waals surface area contributed by atoms with Gasteiger partial charge in [0.05, 0.1) is 18.8 Å². The minimum absolute atomic E-state index is 0.0404. The lowest BCUT2D eigenvalue weighted by molar-refractivity contribution is -0.131. The van der Waals surface area contributed by atoms with Crippen molar-refractivity contribution in [2.45, 2.75) is 24.5 Å². The van der Waals surface area contributed by atoms with Crippen molar-refractivity contribution in [3.05, 3.63) is 29.8 Å². The van der Waals surface area contributed by atoms with Gasteiger partial charge >= 0.3 is 0 Å². The van der Waals surface area contributed by atoms with Crippen LogP contribution in [0.25, 0.3) is 0 Å². The summed E-state index contributed by atoms with van der Waals surface area (Å²) in [5.41, 5.74) is 0.934. The van der Waals surface area contributed by atoms with E-state index in [0.717, 1.165) is 24.2 Å². The molecular formula is C16H22N2O4S. The Kier molecular flexibility index (Phi) is 4.59. The van der Waals surface area contributed by atoms with Crippen molar-refractivity contribution in [2.24, 2.45) is 0 Å². The molecule has 1 amide bonds. The third kappa shape index (κ3) is 3.67. The molecule has 1 aliphatic carbocycles. The Hall–Kier alpha value is -1.60. The van der Waals surface area contributed by atoms with E-state index in [1.165, 1.54) is 0 Å². The number of carbonyl (C=O) groups excluding carboxylic acids is 1. The van der Waals surface area contributed by atoms with E-state index in [9.17, 15) is 13.2 Å². The molecule has 0 atom stereocenters. The molecule has 126 valence electrons. The van der Waals surface area contributed by atoms with Gasteiger partial charge in [-0.3, -0.25) is 4.79 Å². The monoisotopic (exact) mass is 338 g/mol. The van der Waals surface area contributed by atoms with Gasteiger partial charge in [-0.1, -0.05) is 12.1 Å². The first-order valence-corrected chi connectivity index (χ1v) is 9.40. The highest BCUT2D eigenvalue weighted by atomic mass is 32.2. The van der Waals surface area contributed by atoms with Gasteiger partial charge in [-0.2, -0.15) is 4.31 Å². The van der Waals surface area contributed by atoms with Gasteiger partial charge < -0.3 is 9.64 Å². The van der Waals surface area contributed by atoms with Crippen LogP contribution in [0.3, 0.4) is 0 Å². The van der Waals surface area contributed by atoms with E-state index >= 15 is 0 Å². The second-order valence-corrected chi connectivity index (χ2v) is 8.26. The van der Waals surface area contributed by atoms with Gasteiger partial charge in [0.1, 0.15) is 5.75 Å². The Labute approximate surface area is 137 Å². The molecule has 2 fully saturated rings. The minimum atomic E-state index is -3.12. The van der Waals surface area contributed by atoms with Crippen molar-refractivity contribution in [3.8, 4) is 5.75 Å². The standard InChI is InChI=1S/C16H22N2O4S/c1-22-14-4-2-13(3-5-14)12-16(19)17-8-10-18(11-9-17)23(20,21)15-6-7-15/h2-5,15H,6-12H2,1H3. The smallest absolute Gasteiger partial charge is 0.227 e. The van der Waals surface area contributed by atoms with Gasteiger partial charge in [-0.25, -0.2) is 8.42 Å². The summed E-state index contributed by atoms with van der Waals surface area (Å²) >= 11 is 0. The zero-order valence-electron chi connectivity index (χ0n) is 13.3. The molecule has 1 heterocycles. The maximum Gasteiger partial charge on any atom is 0.227 e. The zero-order valence-corrected chi connectivity index (χ0v) is 14.1. The van der Waals surface area contributed by atoms with Crippen molar-refractivity contribution < 1.29 is 17.9 Å². The van der Waals surface area contributed by atoms with Crippen LogP contribution in [0.2, 0.25) is 0 Å². The van der Waals surface area contributed by atoms with Crippen LogP contribution in [0.5, 0.6) is 5.75 Å². The third-order valence-electron chi connectivity index (χ3n) is 4.41. The summed E-state index contributed by atoms with van der Waals surface area (Å²) in [6, 6.07) is 7.43. The number of carbonyl (C=O) groups is 1. The highest BCUT2D eigenvalue weighted by Crippen LogP contribution is 2.31. The molecule has 23 heavy (non-hydrogen) atoms. The van der Waals surface area contributed by atoms with Gasteiger partial charge in [-0.05, 0) is 30.5 Å². The Balaban J connectivity index is 1.53. The first-order valence-electron chi connectivity index (χ1n) is 7.90. The number of hydrogen-bond donors (Lipinski definition) is 0. The van der Waals surface area contributed by atoms with Crippen molar-refractivity contribution in [1.82, 2.24) is 9.21 Å². The molecule has 1 aliphatic heterocycles. The van der Waals surface area contributed by atoms with Crippen LogP contribution in [-0.4, -0.2) is 62.1 Å². The second kappa shape index (κ2) is 6.49. The summed E-state index contributed by atoms with van der Waals surface area (Å²) in [6.07, 6.45) is 1.89. The number of hydrogen-bond acceptors (Lipinski definition) is 4. The minimum Gasteiger partial charge on any atom is -0.497 e. The van der Waals surface area contributed by atoms with E-state index < -0.39 is 10.0 Å². The van der Waals surface area contributed by atoms with E-state index in [1.54, 1.807) is 16.3 Å². The summed E-state index contributed by atoms with van der Waals surface area (Å²) < 4.78 is 31.0.